The minimum Gasteiger partial charge on any atom is -0.357 e. The molecule has 1 amide bonds. The van der Waals surface area contributed by atoms with E-state index in [-0.39, 0.29) is 37.0 Å². The number of fused-ring (bicyclic) bond motifs is 1. The summed E-state index contributed by atoms with van der Waals surface area (Å²) in [5, 5.41) is 3.38. The summed E-state index contributed by atoms with van der Waals surface area (Å²) < 4.78 is 39.5. The van der Waals surface area contributed by atoms with Gasteiger partial charge in [0.2, 0.25) is 11.8 Å². The first-order valence-corrected chi connectivity index (χ1v) is 7.72. The Morgan fingerprint density at radius 3 is 2.65 bits per heavy atom. The highest BCUT2D eigenvalue weighted by atomic mass is 19.3. The van der Waals surface area contributed by atoms with Gasteiger partial charge in [-0.1, -0.05) is 13.8 Å². The van der Waals surface area contributed by atoms with Gasteiger partial charge in [-0.25, -0.2) is 13.2 Å². The average Bonchev–Trinajstić information content (AvgIpc) is 2.82. The van der Waals surface area contributed by atoms with Crippen LogP contribution in [0.5, 0.6) is 0 Å². The second-order valence-electron chi connectivity index (χ2n) is 6.59. The van der Waals surface area contributed by atoms with Crippen LogP contribution in [-0.2, 0) is 11.3 Å². The Hall–Kier alpha value is -1.98. The molecule has 1 aliphatic rings. The third kappa shape index (κ3) is 3.21. The molecule has 2 N–H and O–H groups in total. The van der Waals surface area contributed by atoms with Crippen LogP contribution in [0.15, 0.2) is 18.2 Å². The van der Waals surface area contributed by atoms with Crippen LogP contribution >= 0.6 is 0 Å². The molecule has 23 heavy (non-hydrogen) atoms. The predicted octanol–water partition coefficient (Wildman–Crippen LogP) is 4.09. The van der Waals surface area contributed by atoms with E-state index in [0.717, 1.165) is 16.6 Å². The lowest BCUT2D eigenvalue weighted by Gasteiger charge is -2.33. The van der Waals surface area contributed by atoms with Gasteiger partial charge in [-0.3, -0.25) is 4.79 Å². The summed E-state index contributed by atoms with van der Waals surface area (Å²) in [6.45, 7) is 4.06. The second-order valence-corrected chi connectivity index (χ2v) is 6.59. The molecule has 124 valence electrons. The smallest absolute Gasteiger partial charge is 0.249 e. The molecule has 3 rings (SSSR count). The molecule has 6 heteroatoms. The number of H-pyrrole nitrogens is 1. The number of halogens is 3. The lowest BCUT2D eigenvalue weighted by atomic mass is 9.81. The van der Waals surface area contributed by atoms with E-state index >= 15 is 0 Å². The molecule has 0 aliphatic heterocycles. The van der Waals surface area contributed by atoms with Gasteiger partial charge in [0.15, 0.2) is 0 Å². The van der Waals surface area contributed by atoms with Gasteiger partial charge < -0.3 is 10.3 Å². The van der Waals surface area contributed by atoms with Crippen LogP contribution in [0.1, 0.15) is 43.9 Å². The van der Waals surface area contributed by atoms with E-state index in [1.54, 1.807) is 12.1 Å². The maximum absolute atomic E-state index is 14.0. The van der Waals surface area contributed by atoms with Gasteiger partial charge in [0.1, 0.15) is 5.82 Å². The van der Waals surface area contributed by atoms with E-state index in [0.29, 0.717) is 5.56 Å². The number of carbonyl (C=O) groups excluding carboxylic acids is 1. The lowest BCUT2D eigenvalue weighted by molar-refractivity contribution is -0.150. The van der Waals surface area contributed by atoms with E-state index in [4.69, 9.17) is 0 Å². The largest absolute Gasteiger partial charge is 0.357 e. The Kier molecular flexibility index (Phi) is 3.86. The van der Waals surface area contributed by atoms with Crippen molar-refractivity contribution >= 4 is 16.8 Å². The van der Waals surface area contributed by atoms with E-state index in [1.807, 2.05) is 13.8 Å². The van der Waals surface area contributed by atoms with E-state index in [9.17, 15) is 18.0 Å². The van der Waals surface area contributed by atoms with Gasteiger partial charge in [-0.15, -0.1) is 0 Å². The number of hydrogen-bond acceptors (Lipinski definition) is 1. The topological polar surface area (TPSA) is 44.9 Å². The number of nitrogens with one attached hydrogen (secondary N) is 2. The van der Waals surface area contributed by atoms with Crippen molar-refractivity contribution in [2.24, 2.45) is 5.92 Å². The molecule has 1 aliphatic carbocycles. The molecule has 1 aromatic heterocycles. The Morgan fingerprint density at radius 2 is 2.04 bits per heavy atom. The molecule has 1 heterocycles. The molecule has 0 bridgehead atoms. The maximum atomic E-state index is 14.0. The van der Waals surface area contributed by atoms with Crippen molar-refractivity contribution < 1.29 is 18.0 Å². The van der Waals surface area contributed by atoms with Gasteiger partial charge >= 0.3 is 0 Å². The van der Waals surface area contributed by atoms with Crippen molar-refractivity contribution in [1.29, 1.82) is 0 Å². The number of carbonyl (C=O) groups is 1. The third-order valence-electron chi connectivity index (χ3n) is 4.33. The average molecular weight is 324 g/mol. The van der Waals surface area contributed by atoms with Crippen molar-refractivity contribution in [3.63, 3.8) is 0 Å². The zero-order valence-corrected chi connectivity index (χ0v) is 13.1. The third-order valence-corrected chi connectivity index (χ3v) is 4.33. The lowest BCUT2D eigenvalue weighted by Crippen LogP contribution is -2.44. The highest BCUT2D eigenvalue weighted by molar-refractivity contribution is 5.82. The zero-order valence-electron chi connectivity index (χ0n) is 13.1. The molecule has 1 aromatic carbocycles. The first-order chi connectivity index (χ1) is 10.7. The van der Waals surface area contributed by atoms with Crippen LogP contribution in [-0.4, -0.2) is 16.8 Å². The van der Waals surface area contributed by atoms with Crippen LogP contribution in [0.4, 0.5) is 13.2 Å². The number of amides is 1. The standard InChI is InChI=1S/C17H19F3N2O/c1-9(2)13-5-15-10(4-14(13)18)3-12(22-15)8-21-16(23)11-6-17(19,20)7-11/h3-5,9,11,22H,6-8H2,1-2H3,(H,21,23). The van der Waals surface area contributed by atoms with Crippen LogP contribution in [0.3, 0.4) is 0 Å². The summed E-state index contributed by atoms with van der Waals surface area (Å²) in [5.41, 5.74) is 2.15. The first kappa shape index (κ1) is 15.9. The van der Waals surface area contributed by atoms with Gasteiger partial charge in [-0.2, -0.15) is 0 Å². The normalized spacial score (nSPS) is 17.5. The van der Waals surface area contributed by atoms with Crippen LogP contribution < -0.4 is 5.32 Å². The van der Waals surface area contributed by atoms with Crippen LogP contribution in [0, 0.1) is 11.7 Å². The van der Waals surface area contributed by atoms with E-state index in [2.05, 4.69) is 10.3 Å². The van der Waals surface area contributed by atoms with Crippen molar-refractivity contribution in [2.75, 3.05) is 0 Å². The highest BCUT2D eigenvalue weighted by Crippen LogP contribution is 2.42. The molecular weight excluding hydrogens is 305 g/mol. The molecular formula is C17H19F3N2O. The Bertz CT molecular complexity index is 744. The van der Waals surface area contributed by atoms with Crippen molar-refractivity contribution in [2.45, 2.75) is 45.1 Å². The summed E-state index contributed by atoms with van der Waals surface area (Å²) in [6.07, 6.45) is -0.761. The molecule has 0 unspecified atom stereocenters. The van der Waals surface area contributed by atoms with Gasteiger partial charge in [0.25, 0.3) is 0 Å². The number of aromatic amines is 1. The number of aromatic nitrogens is 1. The van der Waals surface area contributed by atoms with E-state index < -0.39 is 11.8 Å². The Morgan fingerprint density at radius 1 is 1.35 bits per heavy atom. The fourth-order valence-corrected chi connectivity index (χ4v) is 2.94. The highest BCUT2D eigenvalue weighted by Gasteiger charge is 2.48. The first-order valence-electron chi connectivity index (χ1n) is 7.72. The van der Waals surface area contributed by atoms with E-state index in [1.165, 1.54) is 6.07 Å². The van der Waals surface area contributed by atoms with Gasteiger partial charge in [0.05, 0.1) is 6.54 Å². The van der Waals surface area contributed by atoms with Crippen molar-refractivity contribution in [1.82, 2.24) is 10.3 Å². The summed E-state index contributed by atoms with van der Waals surface area (Å²) in [5.74, 6) is -3.85. The molecule has 1 saturated carbocycles. The Balaban J connectivity index is 1.68. The maximum Gasteiger partial charge on any atom is 0.249 e. The quantitative estimate of drug-likeness (QED) is 0.874. The number of alkyl halides is 2. The molecule has 0 spiro atoms. The second kappa shape index (κ2) is 5.58. The van der Waals surface area contributed by atoms with Gasteiger partial charge in [-0.05, 0) is 29.7 Å². The molecule has 2 aromatic rings. The van der Waals surface area contributed by atoms with Crippen molar-refractivity contribution in [3.8, 4) is 0 Å². The molecule has 1 fully saturated rings. The number of hydrogen-bond donors (Lipinski definition) is 2. The summed E-state index contributed by atoms with van der Waals surface area (Å²) in [6, 6.07) is 5.00. The van der Waals surface area contributed by atoms with Crippen LogP contribution in [0.25, 0.3) is 10.9 Å². The Labute approximate surface area is 132 Å². The zero-order chi connectivity index (χ0) is 16.8. The van der Waals surface area contributed by atoms with Crippen LogP contribution in [0.2, 0.25) is 0 Å². The van der Waals surface area contributed by atoms with Gasteiger partial charge in [0, 0.05) is 35.4 Å². The molecule has 0 saturated heterocycles. The monoisotopic (exact) mass is 324 g/mol. The molecule has 0 radical (unpaired) electrons. The number of benzene rings is 1. The minimum atomic E-state index is -2.70. The fourth-order valence-electron chi connectivity index (χ4n) is 2.94. The SMILES string of the molecule is CC(C)c1cc2[nH]c(CNC(=O)C3CC(F)(F)C3)cc2cc1F. The molecule has 3 nitrogen and oxygen atoms in total. The predicted molar refractivity (Wildman–Crippen MR) is 81.9 cm³/mol. The molecule has 0 atom stereocenters. The van der Waals surface area contributed by atoms with Crippen molar-refractivity contribution in [3.05, 3.63) is 35.3 Å². The summed E-state index contributed by atoms with van der Waals surface area (Å²) in [4.78, 5) is 14.9. The fraction of sp³-hybridized carbons (Fsp3) is 0.471. The number of rotatable bonds is 4. The minimum absolute atomic E-state index is 0.0751. The summed E-state index contributed by atoms with van der Waals surface area (Å²) >= 11 is 0. The summed E-state index contributed by atoms with van der Waals surface area (Å²) in [7, 11) is 0.